The molecule has 28 heavy (non-hydrogen) atoms. The molecule has 1 aliphatic rings. The van der Waals surface area contributed by atoms with Gasteiger partial charge in [0, 0.05) is 31.4 Å². The Morgan fingerprint density at radius 1 is 1.14 bits per heavy atom. The van der Waals surface area contributed by atoms with Gasteiger partial charge in [0.25, 0.3) is 0 Å². The molecule has 0 unspecified atom stereocenters. The van der Waals surface area contributed by atoms with Crippen LogP contribution in [0.3, 0.4) is 0 Å². The number of carbonyl (C=O) groups is 3. The number of anilines is 1. The summed E-state index contributed by atoms with van der Waals surface area (Å²) < 4.78 is 5.01. The molecular formula is C21H31N3O4. The summed E-state index contributed by atoms with van der Waals surface area (Å²) in [6, 6.07) is 9.30. The molecule has 1 aromatic carbocycles. The normalized spacial score (nSPS) is 15.1. The van der Waals surface area contributed by atoms with Crippen LogP contribution in [-0.2, 0) is 14.3 Å². The maximum Gasteiger partial charge on any atom is 0.409 e. The van der Waals surface area contributed by atoms with Crippen molar-refractivity contribution in [3.05, 3.63) is 30.3 Å². The van der Waals surface area contributed by atoms with Crippen LogP contribution >= 0.6 is 0 Å². The van der Waals surface area contributed by atoms with Crippen LogP contribution in [-0.4, -0.2) is 55.1 Å². The molecule has 1 heterocycles. The Morgan fingerprint density at radius 2 is 1.75 bits per heavy atom. The molecule has 0 aliphatic carbocycles. The predicted molar refractivity (Wildman–Crippen MR) is 108 cm³/mol. The number of para-hydroxylation sites is 1. The number of likely N-dealkylation sites (tertiary alicyclic amines) is 1. The number of rotatable bonds is 6. The number of amides is 3. The number of piperidine rings is 1. The molecule has 0 aromatic heterocycles. The van der Waals surface area contributed by atoms with Gasteiger partial charge in [-0.3, -0.25) is 9.59 Å². The number of benzene rings is 1. The number of carbonyl (C=O) groups excluding carboxylic acids is 3. The summed E-state index contributed by atoms with van der Waals surface area (Å²) in [5.74, 6) is -0.524. The van der Waals surface area contributed by atoms with Crippen LogP contribution in [0.5, 0.6) is 0 Å². The lowest BCUT2D eigenvalue weighted by Crippen LogP contribution is -2.54. The summed E-state index contributed by atoms with van der Waals surface area (Å²) in [5, 5.41) is 3.00. The van der Waals surface area contributed by atoms with E-state index in [0.29, 0.717) is 39.1 Å². The van der Waals surface area contributed by atoms with Gasteiger partial charge in [-0.1, -0.05) is 18.2 Å². The zero-order chi connectivity index (χ0) is 20.7. The highest BCUT2D eigenvalue weighted by molar-refractivity contribution is 6.11. The standard InChI is InChI=1S/C21H31N3O4/c1-5-24(17-10-8-7-9-11-17)19(26)21(3,4)18(25)22-16-12-14-23(15-13-16)20(27)28-6-2/h7-11,16H,5-6,12-15H2,1-4H3,(H,22,25). The molecule has 7 nitrogen and oxygen atoms in total. The number of hydrogen-bond donors (Lipinski definition) is 1. The van der Waals surface area contributed by atoms with Crippen molar-refractivity contribution in [2.45, 2.75) is 46.6 Å². The van der Waals surface area contributed by atoms with Crippen LogP contribution in [0.1, 0.15) is 40.5 Å². The van der Waals surface area contributed by atoms with Gasteiger partial charge in [-0.15, -0.1) is 0 Å². The van der Waals surface area contributed by atoms with Gasteiger partial charge in [-0.25, -0.2) is 4.79 Å². The van der Waals surface area contributed by atoms with Gasteiger partial charge < -0.3 is 19.9 Å². The van der Waals surface area contributed by atoms with E-state index in [1.807, 2.05) is 37.3 Å². The Bertz CT molecular complexity index is 682. The molecule has 1 aromatic rings. The Balaban J connectivity index is 1.97. The first-order valence-corrected chi connectivity index (χ1v) is 9.90. The van der Waals surface area contributed by atoms with Gasteiger partial charge in [0.15, 0.2) is 0 Å². The highest BCUT2D eigenvalue weighted by atomic mass is 16.6. The molecule has 0 atom stereocenters. The van der Waals surface area contributed by atoms with Gasteiger partial charge in [-0.2, -0.15) is 0 Å². The van der Waals surface area contributed by atoms with Gasteiger partial charge in [0.05, 0.1) is 6.61 Å². The fourth-order valence-corrected chi connectivity index (χ4v) is 3.27. The van der Waals surface area contributed by atoms with E-state index in [4.69, 9.17) is 4.74 Å². The van der Waals surface area contributed by atoms with Gasteiger partial charge in [-0.05, 0) is 52.7 Å². The molecule has 3 amide bonds. The van der Waals surface area contributed by atoms with Crippen LogP contribution in [0.25, 0.3) is 0 Å². The van der Waals surface area contributed by atoms with E-state index < -0.39 is 5.41 Å². The lowest BCUT2D eigenvalue weighted by Gasteiger charge is -2.35. The molecule has 1 aliphatic heterocycles. The molecule has 154 valence electrons. The van der Waals surface area contributed by atoms with E-state index in [1.54, 1.807) is 30.6 Å². The van der Waals surface area contributed by atoms with Gasteiger partial charge in [0.1, 0.15) is 5.41 Å². The van der Waals surface area contributed by atoms with Gasteiger partial charge in [0.2, 0.25) is 11.8 Å². The van der Waals surface area contributed by atoms with E-state index in [-0.39, 0.29) is 23.9 Å². The first-order valence-electron chi connectivity index (χ1n) is 9.90. The van der Waals surface area contributed by atoms with Crippen molar-refractivity contribution in [2.75, 3.05) is 31.1 Å². The summed E-state index contributed by atoms with van der Waals surface area (Å²) in [7, 11) is 0. The van der Waals surface area contributed by atoms with Crippen molar-refractivity contribution in [2.24, 2.45) is 5.41 Å². The number of nitrogens with one attached hydrogen (secondary N) is 1. The number of ether oxygens (including phenoxy) is 1. The molecule has 1 N–H and O–H groups in total. The Kier molecular flexibility index (Phi) is 7.43. The third-order valence-electron chi connectivity index (χ3n) is 5.09. The SMILES string of the molecule is CCOC(=O)N1CCC(NC(=O)C(C)(C)C(=O)N(CC)c2ccccc2)CC1. The second-order valence-electron chi connectivity index (χ2n) is 7.44. The van der Waals surface area contributed by atoms with E-state index in [1.165, 1.54) is 0 Å². The van der Waals surface area contributed by atoms with E-state index in [0.717, 1.165) is 5.69 Å². The van der Waals surface area contributed by atoms with Crippen LogP contribution in [0.2, 0.25) is 0 Å². The minimum absolute atomic E-state index is 0.0583. The quantitative estimate of drug-likeness (QED) is 0.759. The third-order valence-corrected chi connectivity index (χ3v) is 5.09. The fourth-order valence-electron chi connectivity index (χ4n) is 3.27. The molecular weight excluding hydrogens is 358 g/mol. The van der Waals surface area contributed by atoms with Crippen LogP contribution in [0.15, 0.2) is 30.3 Å². The summed E-state index contributed by atoms with van der Waals surface area (Å²) >= 11 is 0. The first-order chi connectivity index (χ1) is 13.3. The first kappa shape index (κ1) is 21.7. The predicted octanol–water partition coefficient (Wildman–Crippen LogP) is 2.80. The third kappa shape index (κ3) is 5.03. The zero-order valence-electron chi connectivity index (χ0n) is 17.2. The molecule has 2 rings (SSSR count). The van der Waals surface area contributed by atoms with E-state index in [9.17, 15) is 14.4 Å². The molecule has 0 spiro atoms. The molecule has 0 bridgehead atoms. The lowest BCUT2D eigenvalue weighted by molar-refractivity contribution is -0.140. The van der Waals surface area contributed by atoms with Crippen molar-refractivity contribution >= 4 is 23.6 Å². The Labute approximate surface area is 167 Å². The average Bonchev–Trinajstić information content (AvgIpc) is 2.70. The van der Waals surface area contributed by atoms with Crippen LogP contribution in [0, 0.1) is 5.41 Å². The van der Waals surface area contributed by atoms with Crippen molar-refractivity contribution in [3.8, 4) is 0 Å². The van der Waals surface area contributed by atoms with E-state index >= 15 is 0 Å². The highest BCUT2D eigenvalue weighted by Crippen LogP contribution is 2.25. The number of hydrogen-bond acceptors (Lipinski definition) is 4. The average molecular weight is 389 g/mol. The highest BCUT2D eigenvalue weighted by Gasteiger charge is 2.40. The van der Waals surface area contributed by atoms with Crippen molar-refractivity contribution in [1.82, 2.24) is 10.2 Å². The smallest absolute Gasteiger partial charge is 0.409 e. The van der Waals surface area contributed by atoms with Crippen molar-refractivity contribution < 1.29 is 19.1 Å². The fraction of sp³-hybridized carbons (Fsp3) is 0.571. The molecule has 1 fully saturated rings. The lowest BCUT2D eigenvalue weighted by atomic mass is 9.89. The Morgan fingerprint density at radius 3 is 2.29 bits per heavy atom. The monoisotopic (exact) mass is 389 g/mol. The largest absolute Gasteiger partial charge is 0.450 e. The summed E-state index contributed by atoms with van der Waals surface area (Å²) in [5.41, 5.74) is -0.414. The second kappa shape index (κ2) is 9.57. The zero-order valence-corrected chi connectivity index (χ0v) is 17.2. The van der Waals surface area contributed by atoms with Crippen LogP contribution in [0.4, 0.5) is 10.5 Å². The number of nitrogens with zero attached hydrogens (tertiary/aromatic N) is 2. The summed E-state index contributed by atoms with van der Waals surface area (Å²) in [4.78, 5) is 41.0. The molecule has 0 radical (unpaired) electrons. The maximum absolute atomic E-state index is 13.1. The minimum Gasteiger partial charge on any atom is -0.450 e. The maximum atomic E-state index is 13.1. The van der Waals surface area contributed by atoms with Crippen molar-refractivity contribution in [1.29, 1.82) is 0 Å². The summed E-state index contributed by atoms with van der Waals surface area (Å²) in [6.07, 6.45) is 0.972. The van der Waals surface area contributed by atoms with Gasteiger partial charge >= 0.3 is 6.09 Å². The molecule has 0 saturated carbocycles. The molecule has 7 heteroatoms. The second-order valence-corrected chi connectivity index (χ2v) is 7.44. The minimum atomic E-state index is -1.19. The Hall–Kier alpha value is -2.57. The van der Waals surface area contributed by atoms with Crippen LogP contribution < -0.4 is 10.2 Å². The molecule has 1 saturated heterocycles. The van der Waals surface area contributed by atoms with E-state index in [2.05, 4.69) is 5.32 Å². The summed E-state index contributed by atoms with van der Waals surface area (Å²) in [6.45, 7) is 8.88. The topological polar surface area (TPSA) is 79.0 Å². The van der Waals surface area contributed by atoms with Crippen molar-refractivity contribution in [3.63, 3.8) is 0 Å².